The first-order valence-electron chi connectivity index (χ1n) is 10.5. The number of carbonyl (C=O) groups excluding carboxylic acids is 2. The third-order valence-electron chi connectivity index (χ3n) is 5.97. The van der Waals surface area contributed by atoms with Crippen LogP contribution in [-0.4, -0.2) is 194 Å². The average Bonchev–Trinajstić information content (AvgIpc) is 2.82. The van der Waals surface area contributed by atoms with Crippen molar-refractivity contribution in [2.75, 3.05) is 0 Å². The van der Waals surface area contributed by atoms with Crippen molar-refractivity contribution >= 4 is 55.6 Å². The molecule has 3 heterocycles. The van der Waals surface area contributed by atoms with E-state index in [9.17, 15) is 70.6 Å². The van der Waals surface area contributed by atoms with Crippen LogP contribution in [0.3, 0.4) is 0 Å². The summed E-state index contributed by atoms with van der Waals surface area (Å²) >= 11 is 0. The maximum atomic E-state index is 11.8. The molecule has 0 aromatic heterocycles. The molecule has 3 aliphatic heterocycles. The van der Waals surface area contributed by atoms with Gasteiger partial charge in [-0.2, -0.15) is 0 Å². The maximum absolute atomic E-state index is 11.8. The van der Waals surface area contributed by atoms with E-state index < -0.39 is 110 Å². The van der Waals surface area contributed by atoms with Gasteiger partial charge in [0.15, 0.2) is 25.0 Å². The number of aliphatic hydroxyl groups excluding tert-OH is 8. The molecule has 0 radical (unpaired) electrons. The summed E-state index contributed by atoms with van der Waals surface area (Å²) < 4.78 is 24.6. The first-order valence-corrected chi connectivity index (χ1v) is 10.5. The number of ether oxygens (including phenoxy) is 5. The molecule has 20 heteroatoms. The van der Waals surface area contributed by atoms with Gasteiger partial charge in [0.05, 0.1) is 11.9 Å². The van der Waals surface area contributed by atoms with Gasteiger partial charge in [-0.05, 0) is 0 Å². The third kappa shape index (κ3) is 6.54. The molecule has 0 bridgehead atoms. The quantitative estimate of drug-likeness (QED) is 0.125. The van der Waals surface area contributed by atoms with Gasteiger partial charge < -0.3 is 89.4 Å². The summed E-state index contributed by atoms with van der Waals surface area (Å²) in [7, 11) is 0. The zero-order valence-corrected chi connectivity index (χ0v) is 21.2. The van der Waals surface area contributed by atoms with Crippen LogP contribution in [0.1, 0.15) is 0 Å². The predicted octanol–water partition coefficient (Wildman–Crippen LogP) is -10.3. The van der Waals surface area contributed by atoms with Crippen LogP contribution in [-0.2, 0) is 38.1 Å². The minimum atomic E-state index is -2.32. The number of carbonyl (C=O) groups is 3. The summed E-state index contributed by atoms with van der Waals surface area (Å²) in [6.07, 6.45) is -33.3. The fourth-order valence-corrected chi connectivity index (χ4v) is 3.96. The Bertz CT molecular complexity index is 860. The summed E-state index contributed by atoms with van der Waals surface area (Å²) in [4.78, 5) is 34.3. The number of carboxylic acids is 3. The van der Waals surface area contributed by atoms with E-state index in [1.165, 1.54) is 0 Å². The molecule has 0 aromatic rings. The van der Waals surface area contributed by atoms with E-state index in [4.69, 9.17) is 18.9 Å². The Morgan fingerprint density at radius 1 is 0.553 bits per heavy atom. The molecule has 212 valence electrons. The second-order valence-electron chi connectivity index (χ2n) is 8.41. The van der Waals surface area contributed by atoms with E-state index in [0.717, 1.165) is 0 Å². The second-order valence-corrected chi connectivity index (χ2v) is 8.41. The molecular formula is C18H24CaO19. The number of hydrogen-bond acceptors (Lipinski definition) is 18. The van der Waals surface area contributed by atoms with E-state index in [0.29, 0.717) is 0 Å². The van der Waals surface area contributed by atoms with Gasteiger partial charge in [0.25, 0.3) is 0 Å². The van der Waals surface area contributed by atoms with E-state index >= 15 is 0 Å². The third-order valence-corrected chi connectivity index (χ3v) is 5.97. The smallest absolute Gasteiger partial charge is 0.547 e. The van der Waals surface area contributed by atoms with Gasteiger partial charge in [-0.1, -0.05) is 0 Å². The minimum Gasteiger partial charge on any atom is -0.547 e. The maximum Gasteiger partial charge on any atom is 2.00 e. The fourth-order valence-electron chi connectivity index (χ4n) is 3.96. The molecule has 3 saturated heterocycles. The van der Waals surface area contributed by atoms with Crippen LogP contribution in [0.4, 0.5) is 0 Å². The van der Waals surface area contributed by atoms with Crippen LogP contribution in [0.25, 0.3) is 0 Å². The summed E-state index contributed by atoms with van der Waals surface area (Å²) in [5.74, 6) is -6.00. The molecule has 19 nitrogen and oxygen atoms in total. The van der Waals surface area contributed by atoms with Crippen molar-refractivity contribution in [3.05, 3.63) is 0 Å². The molecule has 0 aliphatic carbocycles. The molecule has 0 saturated carbocycles. The fraction of sp³-hybridized carbons (Fsp3) is 0.833. The normalized spacial score (nSPS) is 47.5. The van der Waals surface area contributed by atoms with Gasteiger partial charge in [-0.25, -0.2) is 4.79 Å². The van der Waals surface area contributed by atoms with Crippen LogP contribution in [0.5, 0.6) is 0 Å². The Labute approximate surface area is 241 Å². The van der Waals surface area contributed by atoms with E-state index in [2.05, 4.69) is 4.74 Å². The molecule has 1 unspecified atom stereocenters. The summed E-state index contributed by atoms with van der Waals surface area (Å²) in [6.45, 7) is 0. The summed E-state index contributed by atoms with van der Waals surface area (Å²) in [5.41, 5.74) is 0. The van der Waals surface area contributed by atoms with E-state index in [1.54, 1.807) is 0 Å². The number of aliphatic hydroxyl groups is 8. The molecule has 0 spiro atoms. The van der Waals surface area contributed by atoms with Crippen molar-refractivity contribution in [3.63, 3.8) is 0 Å². The number of carboxylic acid groups (broad SMARTS) is 3. The SMILES string of the molecule is O=C([O-])[C@H]1O[C@@H](O[C@H]2[C@H](O)[C@H](O)[C@H](O[C@H]3C(O)[C@H](O)[C@H](O)O[C@H]3C(=O)[O-])O[C@H]2C(=O)O)[C@@H](O)[C@@H](O)[C@@H]1O.[Ca+2]. The molecule has 3 fully saturated rings. The van der Waals surface area contributed by atoms with Gasteiger partial charge in [0, 0.05) is 0 Å². The van der Waals surface area contributed by atoms with Crippen molar-refractivity contribution in [1.29, 1.82) is 0 Å². The monoisotopic (exact) mass is 584 g/mol. The Balaban J connectivity index is 0.00000507. The van der Waals surface area contributed by atoms with Crippen LogP contribution < -0.4 is 10.2 Å². The zero-order valence-electron chi connectivity index (χ0n) is 19.0. The molecule has 0 aromatic carbocycles. The van der Waals surface area contributed by atoms with Crippen molar-refractivity contribution in [3.8, 4) is 0 Å². The molecule has 0 amide bonds. The molecule has 38 heavy (non-hydrogen) atoms. The van der Waals surface area contributed by atoms with Crippen molar-refractivity contribution in [2.24, 2.45) is 0 Å². The number of aliphatic carboxylic acids is 3. The predicted molar refractivity (Wildman–Crippen MR) is 103 cm³/mol. The molecule has 15 atom stereocenters. The molecule has 9 N–H and O–H groups in total. The van der Waals surface area contributed by atoms with Crippen molar-refractivity contribution < 1.29 is 94.2 Å². The number of rotatable bonds is 7. The molecule has 3 rings (SSSR count). The van der Waals surface area contributed by atoms with Gasteiger partial charge in [-0.3, -0.25) is 0 Å². The van der Waals surface area contributed by atoms with E-state index in [-0.39, 0.29) is 37.7 Å². The van der Waals surface area contributed by atoms with Crippen molar-refractivity contribution in [2.45, 2.75) is 92.1 Å². The second kappa shape index (κ2) is 13.2. The zero-order chi connectivity index (χ0) is 27.9. The first-order chi connectivity index (χ1) is 17.2. The van der Waals surface area contributed by atoms with Crippen LogP contribution in [0, 0.1) is 0 Å². The Morgan fingerprint density at radius 3 is 1.45 bits per heavy atom. The average molecular weight is 584 g/mol. The largest absolute Gasteiger partial charge is 2.00 e. The number of hydrogen-bond donors (Lipinski definition) is 9. The summed E-state index contributed by atoms with van der Waals surface area (Å²) in [5, 5.41) is 112. The standard InChI is InChI=1S/C18H26O19.Ca/c19-1-2(20)10(13(26)27)36-17(6(1)24)35-9-4(22)7(25)18(37-12(9)15(30)31)34-8-3(21)5(23)16(32)33-11(8)14(28)29;/h1-12,16-25,32H,(H,26,27)(H,28,29)(H,30,31);/q;+2/p-2/t1-,2-,3?,4+,5-,6-,7-,8-,9-,10-,11+,12+,16+,17+,18+;/m0./s1. The topological polar surface area (TPSA) is 326 Å². The van der Waals surface area contributed by atoms with Crippen LogP contribution >= 0.6 is 0 Å². The molecular weight excluding hydrogens is 560 g/mol. The van der Waals surface area contributed by atoms with Gasteiger partial charge >= 0.3 is 43.7 Å². The van der Waals surface area contributed by atoms with Gasteiger partial charge in [0.2, 0.25) is 0 Å². The van der Waals surface area contributed by atoms with E-state index in [1.807, 2.05) is 0 Å². The first kappa shape index (κ1) is 33.4. The Hall–Kier alpha value is -0.850. The van der Waals surface area contributed by atoms with Crippen LogP contribution in [0.2, 0.25) is 0 Å². The van der Waals surface area contributed by atoms with Gasteiger partial charge in [-0.15, -0.1) is 0 Å². The Kier molecular flexibility index (Phi) is 11.6. The van der Waals surface area contributed by atoms with Crippen LogP contribution in [0.15, 0.2) is 0 Å². The minimum absolute atomic E-state index is 0. The molecule has 3 aliphatic rings. The summed E-state index contributed by atoms with van der Waals surface area (Å²) in [6, 6.07) is 0. The van der Waals surface area contributed by atoms with Gasteiger partial charge in [0.1, 0.15) is 67.1 Å². The van der Waals surface area contributed by atoms with Crippen molar-refractivity contribution in [1.82, 2.24) is 0 Å². The Morgan fingerprint density at radius 2 is 0.974 bits per heavy atom.